The number of hydrogen-bond donors (Lipinski definition) is 0. The number of rotatable bonds is 6. The Bertz CT molecular complexity index is 932. The Balaban J connectivity index is 1.99. The molecule has 1 aliphatic carbocycles. The maximum absolute atomic E-state index is 12.0. The first-order chi connectivity index (χ1) is 14.1. The summed E-state index contributed by atoms with van der Waals surface area (Å²) in [5.74, 6) is 1.34. The van der Waals surface area contributed by atoms with Gasteiger partial charge in [0.15, 0.2) is 0 Å². The Morgan fingerprint density at radius 2 is 1.45 bits per heavy atom. The fourth-order valence-corrected chi connectivity index (χ4v) is 3.28. The summed E-state index contributed by atoms with van der Waals surface area (Å²) in [6.07, 6.45) is 7.44. The first-order valence-electron chi connectivity index (χ1n) is 9.71. The van der Waals surface area contributed by atoms with Gasteiger partial charge >= 0.3 is 5.97 Å². The van der Waals surface area contributed by atoms with Crippen molar-refractivity contribution in [3.8, 4) is 11.5 Å². The van der Waals surface area contributed by atoms with E-state index in [4.69, 9.17) is 14.2 Å². The fourth-order valence-electron chi connectivity index (χ4n) is 3.28. The number of carbonyl (C=O) groups is 1. The minimum absolute atomic E-state index is 0.305. The SMILES string of the molecule is CCOC(=O)/C=C1/C=C(c2ccc(OC)cc2)C=C(c2ccc(OC)cc2)CC1. The van der Waals surface area contributed by atoms with Gasteiger partial charge in [0.05, 0.1) is 20.8 Å². The van der Waals surface area contributed by atoms with Gasteiger partial charge in [-0.3, -0.25) is 0 Å². The Morgan fingerprint density at radius 1 is 0.862 bits per heavy atom. The van der Waals surface area contributed by atoms with E-state index in [2.05, 4.69) is 24.3 Å². The van der Waals surface area contributed by atoms with Crippen LogP contribution in [0, 0.1) is 0 Å². The summed E-state index contributed by atoms with van der Waals surface area (Å²) < 4.78 is 15.7. The summed E-state index contributed by atoms with van der Waals surface area (Å²) in [4.78, 5) is 12.0. The third kappa shape index (κ3) is 5.38. The van der Waals surface area contributed by atoms with Crippen molar-refractivity contribution in [3.63, 3.8) is 0 Å². The van der Waals surface area contributed by atoms with E-state index >= 15 is 0 Å². The van der Waals surface area contributed by atoms with Crippen molar-refractivity contribution in [2.75, 3.05) is 20.8 Å². The Kier molecular flexibility index (Phi) is 6.90. The topological polar surface area (TPSA) is 44.8 Å². The lowest BCUT2D eigenvalue weighted by atomic mass is 9.98. The molecule has 0 bridgehead atoms. The van der Waals surface area contributed by atoms with E-state index in [1.165, 1.54) is 5.57 Å². The summed E-state index contributed by atoms with van der Waals surface area (Å²) in [7, 11) is 3.32. The zero-order valence-corrected chi connectivity index (χ0v) is 17.1. The number of hydrogen-bond acceptors (Lipinski definition) is 4. The molecule has 0 saturated heterocycles. The van der Waals surface area contributed by atoms with E-state index in [1.54, 1.807) is 20.3 Å². The van der Waals surface area contributed by atoms with Gasteiger partial charge in [0, 0.05) is 6.08 Å². The van der Waals surface area contributed by atoms with Crippen molar-refractivity contribution >= 4 is 17.1 Å². The molecule has 4 heteroatoms. The molecule has 0 spiro atoms. The number of methoxy groups -OCH3 is 2. The predicted molar refractivity (Wildman–Crippen MR) is 116 cm³/mol. The van der Waals surface area contributed by atoms with Crippen LogP contribution in [0.5, 0.6) is 11.5 Å². The van der Waals surface area contributed by atoms with E-state index in [1.807, 2.05) is 43.3 Å². The zero-order chi connectivity index (χ0) is 20.6. The van der Waals surface area contributed by atoms with Gasteiger partial charge in [0.2, 0.25) is 0 Å². The molecule has 1 aliphatic rings. The first-order valence-corrected chi connectivity index (χ1v) is 9.71. The maximum Gasteiger partial charge on any atom is 0.331 e. The summed E-state index contributed by atoms with van der Waals surface area (Å²) in [5, 5.41) is 0. The number of esters is 1. The van der Waals surface area contributed by atoms with Crippen LogP contribution in [0.1, 0.15) is 30.9 Å². The molecule has 0 N–H and O–H groups in total. The van der Waals surface area contributed by atoms with Crippen LogP contribution in [0.2, 0.25) is 0 Å². The van der Waals surface area contributed by atoms with E-state index in [9.17, 15) is 4.79 Å². The monoisotopic (exact) mass is 390 g/mol. The van der Waals surface area contributed by atoms with Crippen LogP contribution in [0.15, 0.2) is 72.3 Å². The highest BCUT2D eigenvalue weighted by atomic mass is 16.5. The van der Waals surface area contributed by atoms with E-state index in [-0.39, 0.29) is 5.97 Å². The summed E-state index contributed by atoms with van der Waals surface area (Å²) in [6.45, 7) is 2.18. The average Bonchev–Trinajstić information content (AvgIpc) is 2.97. The van der Waals surface area contributed by atoms with Crippen LogP contribution < -0.4 is 9.47 Å². The van der Waals surface area contributed by atoms with Crippen LogP contribution in [0.25, 0.3) is 11.1 Å². The minimum atomic E-state index is -0.305. The molecule has 150 valence electrons. The molecule has 3 rings (SSSR count). The van der Waals surface area contributed by atoms with E-state index < -0.39 is 0 Å². The van der Waals surface area contributed by atoms with Gasteiger partial charge < -0.3 is 14.2 Å². The van der Waals surface area contributed by atoms with Crippen molar-refractivity contribution in [2.24, 2.45) is 0 Å². The molecule has 0 aromatic heterocycles. The smallest absolute Gasteiger partial charge is 0.331 e. The van der Waals surface area contributed by atoms with Gasteiger partial charge in [0.1, 0.15) is 11.5 Å². The molecule has 29 heavy (non-hydrogen) atoms. The van der Waals surface area contributed by atoms with Crippen molar-refractivity contribution in [1.82, 2.24) is 0 Å². The quantitative estimate of drug-likeness (QED) is 0.486. The number of benzene rings is 2. The van der Waals surface area contributed by atoms with Crippen molar-refractivity contribution in [3.05, 3.63) is 83.5 Å². The summed E-state index contributed by atoms with van der Waals surface area (Å²) in [5.41, 5.74) is 5.42. The highest BCUT2D eigenvalue weighted by molar-refractivity contribution is 5.89. The first kappa shape index (κ1) is 20.5. The molecule has 0 atom stereocenters. The standard InChI is InChI=1S/C25H26O4/c1-4-29-25(26)16-18-5-6-21(19-7-11-23(27-2)12-8-19)17-22(15-18)20-9-13-24(28-3)14-10-20/h7-17H,4-6H2,1-3H3/b18-16+. The molecule has 0 aliphatic heterocycles. The third-order valence-corrected chi connectivity index (χ3v) is 4.83. The van der Waals surface area contributed by atoms with Gasteiger partial charge in [-0.25, -0.2) is 4.79 Å². The number of allylic oxidation sites excluding steroid dienone is 5. The minimum Gasteiger partial charge on any atom is -0.497 e. The van der Waals surface area contributed by atoms with Gasteiger partial charge in [-0.1, -0.05) is 36.4 Å². The van der Waals surface area contributed by atoms with Crippen molar-refractivity contribution in [2.45, 2.75) is 19.8 Å². The second kappa shape index (κ2) is 9.78. The number of carbonyl (C=O) groups excluding carboxylic acids is 1. The molecule has 0 fully saturated rings. The number of ether oxygens (including phenoxy) is 3. The molecule has 0 amide bonds. The fraction of sp³-hybridized carbons (Fsp3) is 0.240. The molecule has 2 aromatic rings. The molecule has 4 nitrogen and oxygen atoms in total. The molecular weight excluding hydrogens is 364 g/mol. The highest BCUT2D eigenvalue weighted by Crippen LogP contribution is 2.33. The van der Waals surface area contributed by atoms with Gasteiger partial charge in [-0.15, -0.1) is 0 Å². The van der Waals surface area contributed by atoms with Gasteiger partial charge in [-0.2, -0.15) is 0 Å². The van der Waals surface area contributed by atoms with Crippen LogP contribution in [-0.2, 0) is 9.53 Å². The molecule has 0 saturated carbocycles. The lowest BCUT2D eigenvalue weighted by Gasteiger charge is -2.09. The van der Waals surface area contributed by atoms with Crippen molar-refractivity contribution in [1.29, 1.82) is 0 Å². The second-order valence-electron chi connectivity index (χ2n) is 6.70. The van der Waals surface area contributed by atoms with Gasteiger partial charge in [-0.05, 0) is 71.9 Å². The summed E-state index contributed by atoms with van der Waals surface area (Å²) >= 11 is 0. The Hall–Kier alpha value is -3.27. The average molecular weight is 390 g/mol. The van der Waals surface area contributed by atoms with E-state index in [0.29, 0.717) is 6.61 Å². The molecule has 0 unspecified atom stereocenters. The van der Waals surface area contributed by atoms with Crippen LogP contribution in [0.3, 0.4) is 0 Å². The lowest BCUT2D eigenvalue weighted by Crippen LogP contribution is -2.00. The molecule has 0 heterocycles. The van der Waals surface area contributed by atoms with Crippen LogP contribution >= 0.6 is 0 Å². The third-order valence-electron chi connectivity index (χ3n) is 4.83. The zero-order valence-electron chi connectivity index (χ0n) is 17.1. The molecular formula is C25H26O4. The second-order valence-corrected chi connectivity index (χ2v) is 6.70. The highest BCUT2D eigenvalue weighted by Gasteiger charge is 2.13. The van der Waals surface area contributed by atoms with Crippen LogP contribution in [0.4, 0.5) is 0 Å². The predicted octanol–water partition coefficient (Wildman–Crippen LogP) is 5.45. The lowest BCUT2D eigenvalue weighted by molar-refractivity contribution is -0.137. The molecule has 0 radical (unpaired) electrons. The molecule has 2 aromatic carbocycles. The van der Waals surface area contributed by atoms with E-state index in [0.717, 1.165) is 46.6 Å². The maximum atomic E-state index is 12.0. The summed E-state index contributed by atoms with van der Waals surface area (Å²) in [6, 6.07) is 16.0. The Morgan fingerprint density at radius 3 is 2.00 bits per heavy atom. The normalized spacial score (nSPS) is 15.2. The largest absolute Gasteiger partial charge is 0.497 e. The van der Waals surface area contributed by atoms with Gasteiger partial charge in [0.25, 0.3) is 0 Å². The Labute approximate surface area is 172 Å². The van der Waals surface area contributed by atoms with Crippen molar-refractivity contribution < 1.29 is 19.0 Å². The van der Waals surface area contributed by atoms with Crippen LogP contribution in [-0.4, -0.2) is 26.8 Å².